The van der Waals surface area contributed by atoms with Crippen molar-refractivity contribution in [2.75, 3.05) is 5.73 Å². The van der Waals surface area contributed by atoms with Crippen molar-refractivity contribution in [3.05, 3.63) is 69.8 Å². The maximum absolute atomic E-state index is 12.8. The highest BCUT2D eigenvalue weighted by Crippen LogP contribution is 2.36. The average Bonchev–Trinajstić information content (AvgIpc) is 3.27. The van der Waals surface area contributed by atoms with Crippen LogP contribution in [0.2, 0.25) is 0 Å². The van der Waals surface area contributed by atoms with E-state index in [0.29, 0.717) is 15.5 Å². The van der Waals surface area contributed by atoms with Crippen molar-refractivity contribution >= 4 is 45.2 Å². The van der Waals surface area contributed by atoms with Crippen LogP contribution in [0.3, 0.4) is 0 Å². The van der Waals surface area contributed by atoms with Crippen LogP contribution in [0.4, 0.5) is 11.5 Å². The second-order valence-electron chi connectivity index (χ2n) is 6.83. The number of rotatable bonds is 2. The summed E-state index contributed by atoms with van der Waals surface area (Å²) in [5.74, 6) is 0.257. The predicted octanol–water partition coefficient (Wildman–Crippen LogP) is 3.75. The summed E-state index contributed by atoms with van der Waals surface area (Å²) < 4.78 is 1.51. The molecule has 4 aromatic rings. The van der Waals surface area contributed by atoms with E-state index in [-0.39, 0.29) is 11.4 Å². The molecule has 0 saturated carbocycles. The SMILES string of the molecule is CC1=Nc2ccc(C)cc2C1=Cc1c(N)n2nc(-c3cccnc3)sc2nc1=O. The molecule has 4 heterocycles. The Morgan fingerprint density at radius 2 is 2.07 bits per heavy atom. The van der Waals surface area contributed by atoms with Crippen molar-refractivity contribution in [3.63, 3.8) is 0 Å². The van der Waals surface area contributed by atoms with Gasteiger partial charge in [-0.3, -0.25) is 14.8 Å². The standard InChI is InChI=1S/C21H16N6OS/c1-11-5-6-17-15(8-11)14(12(2)24-17)9-16-18(22)27-21(25-19(16)28)29-20(26-27)13-4-3-7-23-10-13/h3-10H,22H2,1-2H3. The molecule has 0 radical (unpaired) electrons. The molecule has 0 aliphatic carbocycles. The van der Waals surface area contributed by atoms with Gasteiger partial charge in [-0.15, -0.1) is 0 Å². The number of benzene rings is 1. The van der Waals surface area contributed by atoms with E-state index in [4.69, 9.17) is 5.73 Å². The van der Waals surface area contributed by atoms with Gasteiger partial charge >= 0.3 is 0 Å². The van der Waals surface area contributed by atoms with Gasteiger partial charge in [0.25, 0.3) is 5.56 Å². The van der Waals surface area contributed by atoms with Crippen molar-refractivity contribution in [3.8, 4) is 10.6 Å². The fourth-order valence-corrected chi connectivity index (χ4v) is 4.24. The summed E-state index contributed by atoms with van der Waals surface area (Å²) in [6.45, 7) is 3.95. The Kier molecular flexibility index (Phi) is 3.88. The molecule has 3 aromatic heterocycles. The first kappa shape index (κ1) is 17.4. The number of aliphatic imine (C=N–C) groups is 1. The molecule has 0 fully saturated rings. The van der Waals surface area contributed by atoms with Crippen molar-refractivity contribution in [1.82, 2.24) is 19.6 Å². The Bertz CT molecular complexity index is 1400. The van der Waals surface area contributed by atoms with Gasteiger partial charge in [-0.2, -0.15) is 14.6 Å². The molecule has 29 heavy (non-hydrogen) atoms. The molecule has 0 saturated heterocycles. The zero-order chi connectivity index (χ0) is 20.1. The summed E-state index contributed by atoms with van der Waals surface area (Å²) in [4.78, 5) is 26.1. The number of aromatic nitrogens is 4. The van der Waals surface area contributed by atoms with E-state index in [9.17, 15) is 4.79 Å². The van der Waals surface area contributed by atoms with Crippen LogP contribution >= 0.6 is 11.3 Å². The van der Waals surface area contributed by atoms with E-state index < -0.39 is 0 Å². The molecule has 5 rings (SSSR count). The lowest BCUT2D eigenvalue weighted by Crippen LogP contribution is -2.17. The lowest BCUT2D eigenvalue weighted by molar-refractivity contribution is 0.944. The minimum Gasteiger partial charge on any atom is -0.383 e. The fraction of sp³-hybridized carbons (Fsp3) is 0.0952. The van der Waals surface area contributed by atoms with Crippen molar-refractivity contribution in [1.29, 1.82) is 0 Å². The van der Waals surface area contributed by atoms with E-state index in [2.05, 4.69) is 26.1 Å². The zero-order valence-electron chi connectivity index (χ0n) is 15.7. The minimum atomic E-state index is -0.384. The van der Waals surface area contributed by atoms with Gasteiger partial charge in [-0.1, -0.05) is 23.0 Å². The molecule has 2 N–H and O–H groups in total. The smallest absolute Gasteiger partial charge is 0.283 e. The fourth-order valence-electron chi connectivity index (χ4n) is 3.35. The highest BCUT2D eigenvalue weighted by Gasteiger charge is 2.20. The van der Waals surface area contributed by atoms with Crippen LogP contribution in [0, 0.1) is 6.92 Å². The Hall–Kier alpha value is -3.65. The zero-order valence-corrected chi connectivity index (χ0v) is 16.6. The van der Waals surface area contributed by atoms with Crippen LogP contribution in [-0.2, 0) is 0 Å². The largest absolute Gasteiger partial charge is 0.383 e. The molecule has 8 heteroatoms. The van der Waals surface area contributed by atoms with Gasteiger partial charge in [-0.25, -0.2) is 0 Å². The van der Waals surface area contributed by atoms with Gasteiger partial charge in [-0.05, 0) is 44.2 Å². The Balaban J connectivity index is 1.69. The molecule has 0 amide bonds. The molecule has 142 valence electrons. The number of aryl methyl sites for hydroxylation is 1. The van der Waals surface area contributed by atoms with Crippen molar-refractivity contribution in [2.24, 2.45) is 4.99 Å². The number of allylic oxidation sites excluding steroid dienone is 1. The Labute approximate surface area is 169 Å². The topological polar surface area (TPSA) is 98.5 Å². The first-order valence-electron chi connectivity index (χ1n) is 8.99. The molecule has 0 spiro atoms. The van der Waals surface area contributed by atoms with E-state index in [1.54, 1.807) is 18.5 Å². The number of anilines is 1. The van der Waals surface area contributed by atoms with Crippen LogP contribution < -0.4 is 11.3 Å². The summed E-state index contributed by atoms with van der Waals surface area (Å²) in [6.07, 6.45) is 5.18. The number of pyridine rings is 1. The molecular formula is C21H16N6OS. The molecule has 0 atom stereocenters. The Morgan fingerprint density at radius 1 is 1.21 bits per heavy atom. The first-order chi connectivity index (χ1) is 14.0. The van der Waals surface area contributed by atoms with Gasteiger partial charge < -0.3 is 5.73 Å². The molecule has 1 aliphatic rings. The molecule has 7 nitrogen and oxygen atoms in total. The van der Waals surface area contributed by atoms with Crippen LogP contribution in [0.25, 0.3) is 27.2 Å². The van der Waals surface area contributed by atoms with Gasteiger partial charge in [0.05, 0.1) is 11.3 Å². The molecule has 0 bridgehead atoms. The molecular weight excluding hydrogens is 384 g/mol. The van der Waals surface area contributed by atoms with Crippen LogP contribution in [0.15, 0.2) is 52.5 Å². The highest BCUT2D eigenvalue weighted by atomic mass is 32.1. The minimum absolute atomic E-state index is 0.257. The van der Waals surface area contributed by atoms with Crippen molar-refractivity contribution in [2.45, 2.75) is 13.8 Å². The second-order valence-corrected chi connectivity index (χ2v) is 7.79. The quantitative estimate of drug-likeness (QED) is 0.552. The van der Waals surface area contributed by atoms with Crippen molar-refractivity contribution < 1.29 is 0 Å². The van der Waals surface area contributed by atoms with E-state index in [0.717, 1.165) is 33.7 Å². The van der Waals surface area contributed by atoms with E-state index in [1.165, 1.54) is 15.9 Å². The average molecular weight is 400 g/mol. The third-order valence-corrected chi connectivity index (χ3v) is 5.77. The van der Waals surface area contributed by atoms with Gasteiger partial charge in [0.15, 0.2) is 0 Å². The normalized spacial score (nSPS) is 14.4. The van der Waals surface area contributed by atoms with E-state index in [1.807, 2.05) is 38.1 Å². The molecule has 1 aromatic carbocycles. The Morgan fingerprint density at radius 3 is 2.86 bits per heavy atom. The maximum Gasteiger partial charge on any atom is 0.283 e. The number of hydrogen-bond acceptors (Lipinski definition) is 7. The summed E-state index contributed by atoms with van der Waals surface area (Å²) in [5.41, 5.74) is 11.8. The third kappa shape index (κ3) is 2.85. The number of hydrogen-bond donors (Lipinski definition) is 1. The number of nitrogen functional groups attached to an aromatic ring is 1. The maximum atomic E-state index is 12.8. The highest BCUT2D eigenvalue weighted by molar-refractivity contribution is 7.19. The lowest BCUT2D eigenvalue weighted by atomic mass is 9.99. The summed E-state index contributed by atoms with van der Waals surface area (Å²) in [5, 5.41) is 5.24. The summed E-state index contributed by atoms with van der Waals surface area (Å²) in [7, 11) is 0. The van der Waals surface area contributed by atoms with Gasteiger partial charge in [0.2, 0.25) is 4.96 Å². The van der Waals surface area contributed by atoms with Crippen LogP contribution in [0.5, 0.6) is 0 Å². The number of fused-ring (bicyclic) bond motifs is 2. The molecule has 0 unspecified atom stereocenters. The summed E-state index contributed by atoms with van der Waals surface area (Å²) >= 11 is 1.30. The van der Waals surface area contributed by atoms with Crippen LogP contribution in [-0.4, -0.2) is 25.3 Å². The molecule has 1 aliphatic heterocycles. The first-order valence-corrected chi connectivity index (χ1v) is 9.81. The van der Waals surface area contributed by atoms with Crippen LogP contribution in [0.1, 0.15) is 23.6 Å². The summed E-state index contributed by atoms with van der Waals surface area (Å²) in [6, 6.07) is 9.79. The lowest BCUT2D eigenvalue weighted by Gasteiger charge is -2.05. The number of nitrogens with zero attached hydrogens (tertiary/aromatic N) is 5. The van der Waals surface area contributed by atoms with Gasteiger partial charge in [0.1, 0.15) is 10.8 Å². The number of nitrogens with two attached hydrogens (primary N) is 1. The van der Waals surface area contributed by atoms with E-state index >= 15 is 0 Å². The predicted molar refractivity (Wildman–Crippen MR) is 117 cm³/mol. The van der Waals surface area contributed by atoms with Gasteiger partial charge in [0, 0.05) is 34.8 Å². The third-order valence-electron chi connectivity index (χ3n) is 4.81. The second kappa shape index (κ2) is 6.46. The monoisotopic (exact) mass is 400 g/mol.